The summed E-state index contributed by atoms with van der Waals surface area (Å²) in [5.74, 6) is 0. The minimum absolute atomic E-state index is 0. The summed E-state index contributed by atoms with van der Waals surface area (Å²) in [5.41, 5.74) is 0.392. The number of aliphatic hydroxyl groups is 2. The van der Waals surface area contributed by atoms with E-state index in [-0.39, 0.29) is 12.4 Å². The van der Waals surface area contributed by atoms with E-state index in [4.69, 9.17) is 10.2 Å². The van der Waals surface area contributed by atoms with Crippen molar-refractivity contribution in [1.29, 1.82) is 0 Å². The number of hydrogen-bond acceptors (Lipinski definition) is 2. The Hall–Kier alpha value is 0.170. The number of unbranched alkanes of at least 4 members (excludes halogenated alkanes) is 2. The van der Waals surface area contributed by atoms with Crippen LogP contribution in [0.2, 0.25) is 0 Å². The highest BCUT2D eigenvalue weighted by Crippen LogP contribution is 2.39. The Morgan fingerprint density at radius 3 is 1.67 bits per heavy atom. The van der Waals surface area contributed by atoms with Gasteiger partial charge in [-0.3, -0.25) is 0 Å². The topological polar surface area (TPSA) is 40.5 Å². The summed E-state index contributed by atoms with van der Waals surface area (Å²) in [6.07, 6.45) is 10.3. The van der Waals surface area contributed by atoms with Crippen LogP contribution in [-0.2, 0) is 0 Å². The van der Waals surface area contributed by atoms with E-state index in [1.54, 1.807) is 0 Å². The molecule has 0 fully saturated rings. The smallest absolute Gasteiger partial charge is 0.0780 e. The minimum Gasteiger partial charge on any atom is -1.00 e. The van der Waals surface area contributed by atoms with Gasteiger partial charge in [0.25, 0.3) is 0 Å². The molecule has 0 saturated carbocycles. The maximum absolute atomic E-state index is 9.13. The molecule has 0 aromatic carbocycles. The van der Waals surface area contributed by atoms with Crippen LogP contribution in [0.15, 0.2) is 0 Å². The van der Waals surface area contributed by atoms with E-state index in [2.05, 4.69) is 28.1 Å². The van der Waals surface area contributed by atoms with Crippen LogP contribution in [0.5, 0.6) is 0 Å². The average molecular weight is 324 g/mol. The lowest BCUT2D eigenvalue weighted by Crippen LogP contribution is -3.00. The lowest BCUT2D eigenvalue weighted by Gasteiger charge is -2.34. The second kappa shape index (κ2) is 12.7. The van der Waals surface area contributed by atoms with Crippen LogP contribution in [0.4, 0.5) is 0 Å². The van der Waals surface area contributed by atoms with Crippen LogP contribution in [0.3, 0.4) is 0 Å². The highest BCUT2D eigenvalue weighted by Gasteiger charge is 2.26. The van der Waals surface area contributed by atoms with Crippen molar-refractivity contribution < 1.29 is 27.1 Å². The summed E-state index contributed by atoms with van der Waals surface area (Å²) in [6, 6.07) is 0. The Morgan fingerprint density at radius 2 is 1.24 bits per heavy atom. The van der Waals surface area contributed by atoms with E-state index in [0.717, 1.165) is 30.2 Å². The van der Waals surface area contributed by atoms with E-state index >= 15 is 0 Å². The average Bonchev–Trinajstić information content (AvgIpc) is 2.39. The number of quaternary nitrogens is 1. The molecule has 0 amide bonds. The van der Waals surface area contributed by atoms with Gasteiger partial charge in [0.05, 0.1) is 27.7 Å². The summed E-state index contributed by atoms with van der Waals surface area (Å²) >= 11 is 0. The van der Waals surface area contributed by atoms with Crippen LogP contribution in [0, 0.1) is 5.41 Å². The zero-order chi connectivity index (χ0) is 15.5. The molecule has 0 aromatic rings. The normalized spacial score (nSPS) is 14.6. The highest BCUT2D eigenvalue weighted by molar-refractivity contribution is 4.78. The van der Waals surface area contributed by atoms with E-state index < -0.39 is 0 Å². The van der Waals surface area contributed by atoms with Gasteiger partial charge in [0, 0.05) is 13.2 Å². The standard InChI is InChI=1S/C17H38NO2.ClH/c1-5-17(13-10-16-20,12-7-9-15-19)11-6-8-14-18(2,3)4;/h19-20H,5-16H2,1-4H3;1H/q+1;/p-1. The molecule has 0 spiro atoms. The second-order valence-electron chi connectivity index (χ2n) is 7.33. The summed E-state index contributed by atoms with van der Waals surface area (Å²) in [7, 11) is 6.75. The van der Waals surface area contributed by atoms with Gasteiger partial charge in [0.15, 0.2) is 0 Å². The Balaban J connectivity index is 0. The molecular formula is C17H38ClNO2. The third kappa shape index (κ3) is 12.4. The van der Waals surface area contributed by atoms with E-state index in [9.17, 15) is 0 Å². The molecule has 0 saturated heterocycles. The van der Waals surface area contributed by atoms with Gasteiger partial charge in [-0.05, 0) is 50.4 Å². The molecule has 0 bridgehead atoms. The molecule has 3 nitrogen and oxygen atoms in total. The molecule has 0 radical (unpaired) electrons. The predicted molar refractivity (Wildman–Crippen MR) is 86.7 cm³/mol. The van der Waals surface area contributed by atoms with Crippen LogP contribution in [-0.4, -0.2) is 55.6 Å². The minimum atomic E-state index is 0. The van der Waals surface area contributed by atoms with Gasteiger partial charge in [-0.15, -0.1) is 0 Å². The van der Waals surface area contributed by atoms with Crippen molar-refractivity contribution in [2.45, 2.75) is 64.7 Å². The zero-order valence-electron chi connectivity index (χ0n) is 14.7. The van der Waals surface area contributed by atoms with Crippen LogP contribution in [0.1, 0.15) is 64.7 Å². The molecular weight excluding hydrogens is 286 g/mol. The van der Waals surface area contributed by atoms with Crippen molar-refractivity contribution in [3.63, 3.8) is 0 Å². The van der Waals surface area contributed by atoms with Gasteiger partial charge < -0.3 is 27.1 Å². The third-order valence-electron chi connectivity index (χ3n) is 4.52. The highest BCUT2D eigenvalue weighted by atomic mass is 35.5. The number of halogens is 1. The van der Waals surface area contributed by atoms with E-state index in [1.165, 1.54) is 38.6 Å². The quantitative estimate of drug-likeness (QED) is 0.375. The predicted octanol–water partition coefficient (Wildman–Crippen LogP) is 0.198. The Bertz CT molecular complexity index is 231. The zero-order valence-corrected chi connectivity index (χ0v) is 15.5. The van der Waals surface area contributed by atoms with Gasteiger partial charge in [-0.1, -0.05) is 19.8 Å². The van der Waals surface area contributed by atoms with Gasteiger partial charge in [0.2, 0.25) is 0 Å². The van der Waals surface area contributed by atoms with Crippen molar-refractivity contribution in [2.75, 3.05) is 40.9 Å². The second-order valence-corrected chi connectivity index (χ2v) is 7.33. The molecule has 0 aliphatic carbocycles. The summed E-state index contributed by atoms with van der Waals surface area (Å²) < 4.78 is 1.04. The fourth-order valence-electron chi connectivity index (χ4n) is 3.06. The molecule has 1 atom stereocenters. The molecule has 0 rings (SSSR count). The largest absolute Gasteiger partial charge is 1.00 e. The third-order valence-corrected chi connectivity index (χ3v) is 4.52. The van der Waals surface area contributed by atoms with Crippen molar-refractivity contribution in [3.8, 4) is 0 Å². The first kappa shape index (κ1) is 23.4. The summed E-state index contributed by atoms with van der Waals surface area (Å²) in [4.78, 5) is 0. The number of rotatable bonds is 13. The molecule has 21 heavy (non-hydrogen) atoms. The van der Waals surface area contributed by atoms with Crippen LogP contribution in [0.25, 0.3) is 0 Å². The van der Waals surface area contributed by atoms with Gasteiger partial charge in [0.1, 0.15) is 0 Å². The maximum atomic E-state index is 9.13. The molecule has 130 valence electrons. The molecule has 0 aliphatic rings. The van der Waals surface area contributed by atoms with Crippen molar-refractivity contribution in [3.05, 3.63) is 0 Å². The fraction of sp³-hybridized carbons (Fsp3) is 1.00. The van der Waals surface area contributed by atoms with Crippen molar-refractivity contribution in [2.24, 2.45) is 5.41 Å². The lowest BCUT2D eigenvalue weighted by molar-refractivity contribution is -0.870. The Kier molecular flexibility index (Phi) is 14.2. The fourth-order valence-corrected chi connectivity index (χ4v) is 3.06. The number of nitrogens with zero attached hydrogens (tertiary/aromatic N) is 1. The molecule has 0 aliphatic heterocycles. The number of aliphatic hydroxyl groups excluding tert-OH is 2. The van der Waals surface area contributed by atoms with Gasteiger partial charge in [-0.2, -0.15) is 0 Å². The first-order valence-corrected chi connectivity index (χ1v) is 8.41. The van der Waals surface area contributed by atoms with Crippen molar-refractivity contribution in [1.82, 2.24) is 0 Å². The van der Waals surface area contributed by atoms with Crippen molar-refractivity contribution >= 4 is 0 Å². The molecule has 0 heterocycles. The maximum Gasteiger partial charge on any atom is 0.0780 e. The molecule has 1 unspecified atom stereocenters. The number of hydrogen-bond donors (Lipinski definition) is 2. The molecule has 0 aromatic heterocycles. The summed E-state index contributed by atoms with van der Waals surface area (Å²) in [5, 5.41) is 18.1. The monoisotopic (exact) mass is 323 g/mol. The van der Waals surface area contributed by atoms with Crippen LogP contribution >= 0.6 is 0 Å². The van der Waals surface area contributed by atoms with Gasteiger partial charge >= 0.3 is 0 Å². The molecule has 4 heteroatoms. The van der Waals surface area contributed by atoms with E-state index in [0.29, 0.717) is 18.6 Å². The lowest BCUT2D eigenvalue weighted by atomic mass is 9.73. The van der Waals surface area contributed by atoms with E-state index in [1.807, 2.05) is 0 Å². The first-order valence-electron chi connectivity index (χ1n) is 8.41. The summed E-state index contributed by atoms with van der Waals surface area (Å²) in [6.45, 7) is 4.13. The Labute approximate surface area is 138 Å². The molecule has 2 N–H and O–H groups in total. The SMILES string of the molecule is CCC(CCCO)(CCCCO)CCCC[N+](C)(C)C.[Cl-]. The van der Waals surface area contributed by atoms with Crippen LogP contribution < -0.4 is 12.4 Å². The van der Waals surface area contributed by atoms with Gasteiger partial charge in [-0.25, -0.2) is 0 Å². The Morgan fingerprint density at radius 1 is 0.762 bits per heavy atom. The first-order chi connectivity index (χ1) is 9.39.